The van der Waals surface area contributed by atoms with Crippen molar-refractivity contribution in [1.29, 1.82) is 0 Å². The van der Waals surface area contributed by atoms with Crippen molar-refractivity contribution >= 4 is 5.97 Å². The fourth-order valence-corrected chi connectivity index (χ4v) is 4.82. The SMILES string of the molecule is CC(=O)OC1c2cc3c(cc2[C@@]24C=CC(O)C[C@@H]2N1CC4O)OCO3. The van der Waals surface area contributed by atoms with Crippen LogP contribution in [0.2, 0.25) is 0 Å². The summed E-state index contributed by atoms with van der Waals surface area (Å²) in [5.41, 5.74) is 1.03. The smallest absolute Gasteiger partial charge is 0.304 e. The number of aliphatic hydroxyl groups is 2. The average molecular weight is 345 g/mol. The third kappa shape index (κ3) is 1.88. The molecule has 7 heteroatoms. The molecule has 4 aliphatic rings. The summed E-state index contributed by atoms with van der Waals surface area (Å²) < 4.78 is 16.6. The minimum atomic E-state index is -0.666. The summed E-state index contributed by atoms with van der Waals surface area (Å²) in [5, 5.41) is 21.0. The summed E-state index contributed by atoms with van der Waals surface area (Å²) in [4.78, 5) is 13.7. The first-order valence-electron chi connectivity index (χ1n) is 8.43. The summed E-state index contributed by atoms with van der Waals surface area (Å²) in [6.45, 7) is 1.88. The molecule has 0 aromatic heterocycles. The van der Waals surface area contributed by atoms with Gasteiger partial charge in [0.2, 0.25) is 6.79 Å². The minimum absolute atomic E-state index is 0.147. The monoisotopic (exact) mass is 345 g/mol. The molecule has 0 spiro atoms. The zero-order valence-electron chi connectivity index (χ0n) is 13.7. The number of hydrogen-bond acceptors (Lipinski definition) is 7. The number of aliphatic hydroxyl groups excluding tert-OH is 2. The Morgan fingerprint density at radius 2 is 2.08 bits per heavy atom. The lowest BCUT2D eigenvalue weighted by Crippen LogP contribution is -2.53. The zero-order valence-corrected chi connectivity index (χ0v) is 13.7. The molecular formula is C18H19NO6. The predicted octanol–water partition coefficient (Wildman–Crippen LogP) is 0.594. The molecule has 1 fully saturated rings. The van der Waals surface area contributed by atoms with Crippen LogP contribution in [0.3, 0.4) is 0 Å². The van der Waals surface area contributed by atoms with Crippen LogP contribution in [0.4, 0.5) is 0 Å². The summed E-state index contributed by atoms with van der Waals surface area (Å²) in [6, 6.07) is 3.57. The number of carbonyl (C=O) groups excluding carboxylic acids is 1. The Kier molecular flexibility index (Phi) is 3.02. The number of carbonyl (C=O) groups is 1. The maximum Gasteiger partial charge on any atom is 0.304 e. The summed E-state index contributed by atoms with van der Waals surface area (Å²) in [6.07, 6.45) is 2.25. The summed E-state index contributed by atoms with van der Waals surface area (Å²) in [7, 11) is 0. The van der Waals surface area contributed by atoms with Gasteiger partial charge in [-0.2, -0.15) is 0 Å². The van der Waals surface area contributed by atoms with Gasteiger partial charge in [-0.1, -0.05) is 12.2 Å². The fraction of sp³-hybridized carbons (Fsp3) is 0.500. The van der Waals surface area contributed by atoms with Crippen LogP contribution in [0.25, 0.3) is 0 Å². The van der Waals surface area contributed by atoms with E-state index in [1.165, 1.54) is 6.92 Å². The molecule has 2 bridgehead atoms. The molecule has 3 heterocycles. The van der Waals surface area contributed by atoms with Gasteiger partial charge in [-0.25, -0.2) is 0 Å². The van der Waals surface area contributed by atoms with E-state index >= 15 is 0 Å². The Morgan fingerprint density at radius 1 is 1.32 bits per heavy atom. The van der Waals surface area contributed by atoms with Gasteiger partial charge in [0.05, 0.1) is 17.6 Å². The molecule has 6 atom stereocenters. The number of benzene rings is 1. The van der Waals surface area contributed by atoms with Crippen LogP contribution in [0.15, 0.2) is 24.3 Å². The van der Waals surface area contributed by atoms with E-state index in [1.807, 2.05) is 23.1 Å². The van der Waals surface area contributed by atoms with Crippen molar-refractivity contribution < 1.29 is 29.2 Å². The summed E-state index contributed by atoms with van der Waals surface area (Å²) >= 11 is 0. The number of fused-ring (bicyclic) bond motifs is 2. The standard InChI is InChI=1S/C18H19NO6/c1-9(20)25-17-11-5-13-14(24-8-23-13)6-12(11)18-3-2-10(21)4-15(18)19(17)7-16(18)22/h2-3,5-6,10,15-17,21-22H,4,7-8H2,1H3/t10?,15-,16?,17?,18-/m0/s1. The van der Waals surface area contributed by atoms with Crippen molar-refractivity contribution in [1.82, 2.24) is 4.90 Å². The number of ether oxygens (including phenoxy) is 3. The van der Waals surface area contributed by atoms with Gasteiger partial charge in [0.1, 0.15) is 0 Å². The highest BCUT2D eigenvalue weighted by molar-refractivity contribution is 5.67. The number of esters is 1. The Bertz CT molecular complexity index is 792. The first kappa shape index (κ1) is 15.2. The van der Waals surface area contributed by atoms with Crippen molar-refractivity contribution in [3.8, 4) is 11.5 Å². The molecule has 7 nitrogen and oxygen atoms in total. The number of nitrogens with zero attached hydrogens (tertiary/aromatic N) is 1. The van der Waals surface area contributed by atoms with E-state index < -0.39 is 29.8 Å². The van der Waals surface area contributed by atoms with Crippen LogP contribution in [-0.2, 0) is 14.9 Å². The molecule has 1 saturated heterocycles. The highest BCUT2D eigenvalue weighted by Gasteiger charge is 2.62. The maximum absolute atomic E-state index is 11.7. The minimum Gasteiger partial charge on any atom is -0.454 e. The lowest BCUT2D eigenvalue weighted by atomic mass is 9.65. The van der Waals surface area contributed by atoms with Crippen LogP contribution in [0.1, 0.15) is 30.7 Å². The van der Waals surface area contributed by atoms with E-state index in [0.717, 1.165) is 11.1 Å². The molecular weight excluding hydrogens is 326 g/mol. The van der Waals surface area contributed by atoms with E-state index in [4.69, 9.17) is 14.2 Å². The highest BCUT2D eigenvalue weighted by atomic mass is 16.7. The second-order valence-corrected chi connectivity index (χ2v) is 7.08. The third-order valence-corrected chi connectivity index (χ3v) is 5.80. The zero-order chi connectivity index (χ0) is 17.3. The van der Waals surface area contributed by atoms with Crippen molar-refractivity contribution in [2.24, 2.45) is 0 Å². The molecule has 132 valence electrons. The van der Waals surface area contributed by atoms with Gasteiger partial charge in [-0.15, -0.1) is 0 Å². The molecule has 0 saturated carbocycles. The molecule has 1 aromatic rings. The lowest BCUT2D eigenvalue weighted by molar-refractivity contribution is -0.161. The maximum atomic E-state index is 11.7. The van der Waals surface area contributed by atoms with Gasteiger partial charge in [0.15, 0.2) is 17.7 Å². The second-order valence-electron chi connectivity index (χ2n) is 7.08. The van der Waals surface area contributed by atoms with Gasteiger partial charge in [-0.3, -0.25) is 9.69 Å². The van der Waals surface area contributed by atoms with Crippen LogP contribution < -0.4 is 9.47 Å². The van der Waals surface area contributed by atoms with E-state index in [2.05, 4.69) is 0 Å². The molecule has 0 amide bonds. The van der Waals surface area contributed by atoms with Gasteiger partial charge >= 0.3 is 5.97 Å². The van der Waals surface area contributed by atoms with Crippen molar-refractivity contribution in [3.63, 3.8) is 0 Å². The Balaban J connectivity index is 1.76. The van der Waals surface area contributed by atoms with Crippen LogP contribution in [-0.4, -0.2) is 52.7 Å². The predicted molar refractivity (Wildman–Crippen MR) is 85.0 cm³/mol. The number of hydrogen-bond donors (Lipinski definition) is 2. The Hall–Kier alpha value is -2.09. The number of rotatable bonds is 1. The largest absolute Gasteiger partial charge is 0.454 e. The van der Waals surface area contributed by atoms with Crippen molar-refractivity contribution in [2.45, 2.75) is 43.2 Å². The average Bonchev–Trinajstić information content (AvgIpc) is 3.11. The third-order valence-electron chi connectivity index (χ3n) is 5.80. The van der Waals surface area contributed by atoms with Crippen molar-refractivity contribution in [2.75, 3.05) is 13.3 Å². The molecule has 25 heavy (non-hydrogen) atoms. The van der Waals surface area contributed by atoms with E-state index in [9.17, 15) is 15.0 Å². The molecule has 4 unspecified atom stereocenters. The summed E-state index contributed by atoms with van der Waals surface area (Å²) in [5.74, 6) is 0.843. The highest BCUT2D eigenvalue weighted by Crippen LogP contribution is 2.57. The normalized spacial score (nSPS) is 39.7. The molecule has 3 aliphatic heterocycles. The van der Waals surface area contributed by atoms with Crippen LogP contribution in [0.5, 0.6) is 11.5 Å². The van der Waals surface area contributed by atoms with Crippen LogP contribution in [0, 0.1) is 0 Å². The van der Waals surface area contributed by atoms with Gasteiger partial charge < -0.3 is 24.4 Å². The van der Waals surface area contributed by atoms with E-state index in [1.54, 1.807) is 6.08 Å². The molecule has 5 rings (SSSR count). The Labute approximate surface area is 144 Å². The Morgan fingerprint density at radius 3 is 2.84 bits per heavy atom. The molecule has 1 aromatic carbocycles. The second kappa shape index (κ2) is 4.97. The van der Waals surface area contributed by atoms with Crippen LogP contribution >= 0.6 is 0 Å². The topological polar surface area (TPSA) is 88.5 Å². The van der Waals surface area contributed by atoms with Crippen molar-refractivity contribution in [3.05, 3.63) is 35.4 Å². The van der Waals surface area contributed by atoms with E-state index in [0.29, 0.717) is 24.5 Å². The first-order chi connectivity index (χ1) is 12.0. The fourth-order valence-electron chi connectivity index (χ4n) is 4.82. The van der Waals surface area contributed by atoms with Gasteiger partial charge in [0, 0.05) is 25.1 Å². The van der Waals surface area contributed by atoms with Gasteiger partial charge in [-0.05, 0) is 24.1 Å². The van der Waals surface area contributed by atoms with Gasteiger partial charge in [0.25, 0.3) is 0 Å². The lowest BCUT2D eigenvalue weighted by Gasteiger charge is -2.48. The van der Waals surface area contributed by atoms with E-state index in [-0.39, 0.29) is 12.8 Å². The first-order valence-corrected chi connectivity index (χ1v) is 8.43. The molecule has 0 radical (unpaired) electrons. The molecule has 2 N–H and O–H groups in total. The molecule has 1 aliphatic carbocycles. The quantitative estimate of drug-likeness (QED) is 0.569.